The fourth-order valence-corrected chi connectivity index (χ4v) is 5.02. The van der Waals surface area contributed by atoms with Gasteiger partial charge in [-0.1, -0.05) is 41.9 Å². The molecule has 0 radical (unpaired) electrons. The molecule has 2 aromatic rings. The highest BCUT2D eigenvalue weighted by Crippen LogP contribution is 2.29. The van der Waals surface area contributed by atoms with E-state index in [2.05, 4.69) is 16.3 Å². The average Bonchev–Trinajstić information content (AvgIpc) is 2.80. The van der Waals surface area contributed by atoms with Crippen molar-refractivity contribution in [1.82, 2.24) is 15.1 Å². The number of nitrogens with one attached hydrogen (secondary N) is 1. The van der Waals surface area contributed by atoms with Crippen molar-refractivity contribution < 1.29 is 14.3 Å². The van der Waals surface area contributed by atoms with E-state index in [1.165, 1.54) is 4.90 Å². The first kappa shape index (κ1) is 24.6. The summed E-state index contributed by atoms with van der Waals surface area (Å²) in [5.74, 6) is 1.32. The Hall–Kier alpha value is -2.57. The van der Waals surface area contributed by atoms with Crippen molar-refractivity contribution in [3.63, 3.8) is 0 Å². The summed E-state index contributed by atoms with van der Waals surface area (Å²) < 4.78 is 5.83. The first-order valence-electron chi connectivity index (χ1n) is 12.2. The van der Waals surface area contributed by atoms with Gasteiger partial charge in [0.2, 0.25) is 5.91 Å². The molecule has 34 heavy (non-hydrogen) atoms. The maximum absolute atomic E-state index is 12.7. The summed E-state index contributed by atoms with van der Waals surface area (Å²) in [7, 11) is 0. The van der Waals surface area contributed by atoms with Gasteiger partial charge in [0.05, 0.1) is 18.7 Å². The van der Waals surface area contributed by atoms with Crippen LogP contribution in [-0.2, 0) is 17.8 Å². The molecule has 2 fully saturated rings. The van der Waals surface area contributed by atoms with Gasteiger partial charge in [-0.25, -0.2) is 4.79 Å². The standard InChI is InChI=1S/C27H34ClN3O3/c1-19(2)34-24-8-9-25(28)22(15-24)14-20-10-12-30(13-11-20)18-23-16-26(32)31(27(33)29-23)17-21-6-4-3-5-7-21/h3-9,15,19-20,23H,10-14,16-18H2,1-2H3,(H,29,33). The van der Waals surface area contributed by atoms with Crippen molar-refractivity contribution in [3.05, 3.63) is 64.7 Å². The number of carbonyl (C=O) groups is 2. The van der Waals surface area contributed by atoms with Crippen LogP contribution < -0.4 is 10.1 Å². The van der Waals surface area contributed by atoms with Crippen molar-refractivity contribution in [3.8, 4) is 5.75 Å². The molecule has 2 aliphatic rings. The van der Waals surface area contributed by atoms with Gasteiger partial charge < -0.3 is 15.0 Å². The lowest BCUT2D eigenvalue weighted by Crippen LogP contribution is -2.57. The Balaban J connectivity index is 1.25. The maximum atomic E-state index is 12.7. The largest absolute Gasteiger partial charge is 0.491 e. The summed E-state index contributed by atoms with van der Waals surface area (Å²) >= 11 is 6.46. The molecule has 0 bridgehead atoms. The Labute approximate surface area is 207 Å². The minimum Gasteiger partial charge on any atom is -0.491 e. The molecule has 0 saturated carbocycles. The summed E-state index contributed by atoms with van der Waals surface area (Å²) in [5.41, 5.74) is 2.09. The van der Waals surface area contributed by atoms with Crippen LogP contribution in [0.5, 0.6) is 5.75 Å². The topological polar surface area (TPSA) is 61.9 Å². The highest BCUT2D eigenvalue weighted by Gasteiger charge is 2.33. The van der Waals surface area contributed by atoms with Gasteiger partial charge in [0, 0.05) is 18.0 Å². The minimum absolute atomic E-state index is 0.106. The zero-order chi connectivity index (χ0) is 24.1. The third-order valence-electron chi connectivity index (χ3n) is 6.56. The Kier molecular flexibility index (Phi) is 8.11. The summed E-state index contributed by atoms with van der Waals surface area (Å²) in [4.78, 5) is 28.9. The first-order valence-corrected chi connectivity index (χ1v) is 12.6. The Morgan fingerprint density at radius 1 is 1.09 bits per heavy atom. The van der Waals surface area contributed by atoms with Gasteiger partial charge in [-0.3, -0.25) is 9.69 Å². The zero-order valence-electron chi connectivity index (χ0n) is 20.0. The fourth-order valence-electron chi connectivity index (χ4n) is 4.82. The molecule has 182 valence electrons. The van der Waals surface area contributed by atoms with Crippen LogP contribution in [0.3, 0.4) is 0 Å². The molecule has 4 rings (SSSR count). The highest BCUT2D eigenvalue weighted by molar-refractivity contribution is 6.31. The van der Waals surface area contributed by atoms with E-state index in [1.807, 2.05) is 56.3 Å². The van der Waals surface area contributed by atoms with Crippen molar-refractivity contribution in [2.75, 3.05) is 19.6 Å². The molecule has 0 aromatic heterocycles. The van der Waals surface area contributed by atoms with Crippen molar-refractivity contribution in [1.29, 1.82) is 0 Å². The van der Waals surface area contributed by atoms with Crippen LogP contribution in [0, 0.1) is 5.92 Å². The van der Waals surface area contributed by atoms with Gasteiger partial charge in [-0.15, -0.1) is 0 Å². The van der Waals surface area contributed by atoms with Crippen LogP contribution in [0.25, 0.3) is 0 Å². The van der Waals surface area contributed by atoms with Gasteiger partial charge >= 0.3 is 6.03 Å². The Morgan fingerprint density at radius 3 is 2.50 bits per heavy atom. The van der Waals surface area contributed by atoms with E-state index in [0.29, 0.717) is 25.4 Å². The predicted octanol–water partition coefficient (Wildman–Crippen LogP) is 4.89. The number of rotatable bonds is 8. The molecular formula is C27H34ClN3O3. The fraction of sp³-hybridized carbons (Fsp3) is 0.481. The lowest BCUT2D eigenvalue weighted by atomic mass is 9.89. The van der Waals surface area contributed by atoms with Crippen LogP contribution in [0.1, 0.15) is 44.2 Å². The number of urea groups is 1. The molecule has 2 heterocycles. The summed E-state index contributed by atoms with van der Waals surface area (Å²) in [6, 6.07) is 15.1. The molecule has 2 saturated heterocycles. The van der Waals surface area contributed by atoms with Crippen molar-refractivity contribution in [2.24, 2.45) is 5.92 Å². The van der Waals surface area contributed by atoms with Gasteiger partial charge in [0.25, 0.3) is 0 Å². The quantitative estimate of drug-likeness (QED) is 0.580. The van der Waals surface area contributed by atoms with Crippen LogP contribution in [0.2, 0.25) is 5.02 Å². The first-order chi connectivity index (χ1) is 16.4. The second kappa shape index (κ2) is 11.2. The number of nitrogens with zero attached hydrogens (tertiary/aromatic N) is 2. The zero-order valence-corrected chi connectivity index (χ0v) is 20.8. The number of halogens is 1. The number of imide groups is 1. The van der Waals surface area contributed by atoms with E-state index in [4.69, 9.17) is 16.3 Å². The van der Waals surface area contributed by atoms with Crippen molar-refractivity contribution >= 4 is 23.5 Å². The number of carbonyl (C=O) groups excluding carboxylic acids is 2. The lowest BCUT2D eigenvalue weighted by molar-refractivity contribution is -0.130. The summed E-state index contributed by atoms with van der Waals surface area (Å²) in [5, 5.41) is 3.83. The molecular weight excluding hydrogens is 450 g/mol. The van der Waals surface area contributed by atoms with Gasteiger partial charge in [0.15, 0.2) is 0 Å². The molecule has 0 spiro atoms. The number of ether oxygens (including phenoxy) is 1. The third-order valence-corrected chi connectivity index (χ3v) is 6.93. The third kappa shape index (κ3) is 6.51. The molecule has 0 aliphatic carbocycles. The van der Waals surface area contributed by atoms with Crippen LogP contribution in [0.15, 0.2) is 48.5 Å². The molecule has 1 N–H and O–H groups in total. The van der Waals surface area contributed by atoms with E-state index < -0.39 is 0 Å². The monoisotopic (exact) mass is 483 g/mol. The van der Waals surface area contributed by atoms with Crippen molar-refractivity contribution in [2.45, 2.75) is 58.2 Å². The lowest BCUT2D eigenvalue weighted by Gasteiger charge is -2.37. The Morgan fingerprint density at radius 2 is 1.82 bits per heavy atom. The number of likely N-dealkylation sites (tertiary alicyclic amines) is 1. The van der Waals surface area contributed by atoms with Crippen LogP contribution in [-0.4, -0.2) is 53.5 Å². The van der Waals surface area contributed by atoms with E-state index in [1.54, 1.807) is 0 Å². The molecule has 7 heteroatoms. The number of amides is 3. The van der Waals surface area contributed by atoms with E-state index in [0.717, 1.165) is 54.3 Å². The van der Waals surface area contributed by atoms with Gasteiger partial charge in [0.1, 0.15) is 5.75 Å². The molecule has 3 amide bonds. The number of piperidine rings is 1. The molecule has 1 unspecified atom stereocenters. The molecule has 6 nitrogen and oxygen atoms in total. The van der Waals surface area contributed by atoms with E-state index in [-0.39, 0.29) is 24.1 Å². The number of benzene rings is 2. The normalized spacial score (nSPS) is 20.0. The van der Waals surface area contributed by atoms with Gasteiger partial charge in [-0.2, -0.15) is 0 Å². The van der Waals surface area contributed by atoms with Crippen LogP contribution in [0.4, 0.5) is 4.79 Å². The highest BCUT2D eigenvalue weighted by atomic mass is 35.5. The van der Waals surface area contributed by atoms with E-state index in [9.17, 15) is 9.59 Å². The second-order valence-electron chi connectivity index (χ2n) is 9.68. The molecule has 2 aromatic carbocycles. The predicted molar refractivity (Wildman–Crippen MR) is 134 cm³/mol. The average molecular weight is 484 g/mol. The minimum atomic E-state index is -0.293. The SMILES string of the molecule is CC(C)Oc1ccc(Cl)c(CC2CCN(CC3CC(=O)N(Cc4ccccc4)C(=O)N3)CC2)c1. The number of hydrogen-bond donors (Lipinski definition) is 1. The van der Waals surface area contributed by atoms with Gasteiger partial charge in [-0.05, 0) is 81.4 Å². The summed E-state index contributed by atoms with van der Waals surface area (Å²) in [6.45, 7) is 6.98. The maximum Gasteiger partial charge on any atom is 0.324 e. The molecule has 2 aliphatic heterocycles. The van der Waals surface area contributed by atoms with E-state index >= 15 is 0 Å². The second-order valence-corrected chi connectivity index (χ2v) is 10.1. The summed E-state index contributed by atoms with van der Waals surface area (Å²) in [6.07, 6.45) is 3.56. The number of hydrogen-bond acceptors (Lipinski definition) is 4. The van der Waals surface area contributed by atoms with Crippen LogP contribution >= 0.6 is 11.6 Å². The molecule has 1 atom stereocenters. The Bertz CT molecular complexity index is 972. The smallest absolute Gasteiger partial charge is 0.324 e.